The topological polar surface area (TPSA) is 47.1 Å². The van der Waals surface area contributed by atoms with Gasteiger partial charge in [0, 0.05) is 26.2 Å². The number of nitrogens with two attached hydrogens (primary N) is 1. The number of rotatable bonds is 2. The Morgan fingerprint density at radius 3 is 2.73 bits per heavy atom. The van der Waals surface area contributed by atoms with Crippen molar-refractivity contribution in [1.82, 2.24) is 9.78 Å². The minimum absolute atomic E-state index is 0.392. The molecule has 2 heterocycles. The summed E-state index contributed by atoms with van der Waals surface area (Å²) in [5, 5.41) is 4.33. The molecule has 15 heavy (non-hydrogen) atoms. The molecule has 1 aliphatic rings. The molecule has 4 nitrogen and oxygen atoms in total. The van der Waals surface area contributed by atoms with Gasteiger partial charge in [-0.3, -0.25) is 4.68 Å². The Kier molecular flexibility index (Phi) is 2.95. The molecule has 0 aromatic carbocycles. The maximum absolute atomic E-state index is 5.90. The SMILES string of the molecule is CCc1c(N2CCC(N)CC2)cnn1C. The highest BCUT2D eigenvalue weighted by Crippen LogP contribution is 2.23. The molecule has 0 radical (unpaired) electrons. The lowest BCUT2D eigenvalue weighted by molar-refractivity contribution is 0.500. The van der Waals surface area contributed by atoms with E-state index in [1.165, 1.54) is 11.4 Å². The normalized spacial score (nSPS) is 18.5. The van der Waals surface area contributed by atoms with E-state index < -0.39 is 0 Å². The summed E-state index contributed by atoms with van der Waals surface area (Å²) in [6, 6.07) is 0.392. The molecular formula is C11H20N4. The molecule has 2 rings (SSSR count). The van der Waals surface area contributed by atoms with Crippen molar-refractivity contribution in [2.75, 3.05) is 18.0 Å². The van der Waals surface area contributed by atoms with E-state index in [1.54, 1.807) is 0 Å². The van der Waals surface area contributed by atoms with Crippen LogP contribution in [0.1, 0.15) is 25.5 Å². The Labute approximate surface area is 91.1 Å². The predicted octanol–water partition coefficient (Wildman–Crippen LogP) is 0.910. The molecule has 4 heteroatoms. The molecular weight excluding hydrogens is 188 g/mol. The van der Waals surface area contributed by atoms with Crippen molar-refractivity contribution < 1.29 is 0 Å². The van der Waals surface area contributed by atoms with Gasteiger partial charge in [-0.25, -0.2) is 0 Å². The van der Waals surface area contributed by atoms with Crippen molar-refractivity contribution in [3.63, 3.8) is 0 Å². The largest absolute Gasteiger partial charge is 0.369 e. The van der Waals surface area contributed by atoms with Gasteiger partial charge in [-0.2, -0.15) is 5.10 Å². The van der Waals surface area contributed by atoms with Gasteiger partial charge in [-0.15, -0.1) is 0 Å². The minimum Gasteiger partial charge on any atom is -0.369 e. The van der Waals surface area contributed by atoms with Crippen LogP contribution in [0.15, 0.2) is 6.20 Å². The quantitative estimate of drug-likeness (QED) is 0.786. The van der Waals surface area contributed by atoms with E-state index in [2.05, 4.69) is 16.9 Å². The molecule has 0 amide bonds. The van der Waals surface area contributed by atoms with Gasteiger partial charge in [-0.05, 0) is 19.3 Å². The van der Waals surface area contributed by atoms with Gasteiger partial charge in [0.25, 0.3) is 0 Å². The van der Waals surface area contributed by atoms with Crippen LogP contribution in [0.5, 0.6) is 0 Å². The molecule has 1 saturated heterocycles. The van der Waals surface area contributed by atoms with Crippen LogP contribution in [0.3, 0.4) is 0 Å². The fraction of sp³-hybridized carbons (Fsp3) is 0.727. The zero-order chi connectivity index (χ0) is 10.8. The summed E-state index contributed by atoms with van der Waals surface area (Å²) in [6.45, 7) is 4.32. The molecule has 1 aromatic rings. The first-order valence-corrected chi connectivity index (χ1v) is 5.73. The van der Waals surface area contributed by atoms with Gasteiger partial charge in [0.2, 0.25) is 0 Å². The number of aromatic nitrogens is 2. The Morgan fingerprint density at radius 2 is 2.13 bits per heavy atom. The van der Waals surface area contributed by atoms with E-state index in [0.29, 0.717) is 6.04 Å². The van der Waals surface area contributed by atoms with Gasteiger partial charge >= 0.3 is 0 Å². The van der Waals surface area contributed by atoms with E-state index >= 15 is 0 Å². The summed E-state index contributed by atoms with van der Waals surface area (Å²) < 4.78 is 1.98. The van der Waals surface area contributed by atoms with Crippen LogP contribution in [0.25, 0.3) is 0 Å². The lowest BCUT2D eigenvalue weighted by Gasteiger charge is -2.31. The standard InChI is InChI=1S/C11H20N4/c1-3-10-11(8-13-14(10)2)15-6-4-9(12)5-7-15/h8-9H,3-7,12H2,1-2H3. The summed E-state index contributed by atoms with van der Waals surface area (Å²) in [6.07, 6.45) is 5.21. The summed E-state index contributed by atoms with van der Waals surface area (Å²) >= 11 is 0. The van der Waals surface area contributed by atoms with Crippen molar-refractivity contribution in [1.29, 1.82) is 0 Å². The Balaban J connectivity index is 2.15. The third kappa shape index (κ3) is 2.00. The van der Waals surface area contributed by atoms with E-state index in [1.807, 2.05) is 17.9 Å². The molecule has 1 fully saturated rings. The summed E-state index contributed by atoms with van der Waals surface area (Å²) in [4.78, 5) is 2.41. The van der Waals surface area contributed by atoms with Crippen LogP contribution in [-0.4, -0.2) is 28.9 Å². The predicted molar refractivity (Wildman–Crippen MR) is 62.0 cm³/mol. The molecule has 2 N–H and O–H groups in total. The Hall–Kier alpha value is -1.03. The van der Waals surface area contributed by atoms with Crippen LogP contribution >= 0.6 is 0 Å². The lowest BCUT2D eigenvalue weighted by Crippen LogP contribution is -2.39. The number of hydrogen-bond acceptors (Lipinski definition) is 3. The van der Waals surface area contributed by atoms with Crippen LogP contribution in [0, 0.1) is 0 Å². The van der Waals surface area contributed by atoms with Gasteiger partial charge < -0.3 is 10.6 Å². The molecule has 0 unspecified atom stereocenters. The first kappa shape index (κ1) is 10.5. The number of aryl methyl sites for hydroxylation is 1. The highest BCUT2D eigenvalue weighted by Gasteiger charge is 2.19. The molecule has 1 aliphatic heterocycles. The van der Waals surface area contributed by atoms with Crippen LogP contribution in [0.2, 0.25) is 0 Å². The first-order chi connectivity index (χ1) is 7.22. The number of anilines is 1. The fourth-order valence-corrected chi connectivity index (χ4v) is 2.27. The zero-order valence-corrected chi connectivity index (χ0v) is 9.61. The molecule has 0 bridgehead atoms. The maximum atomic E-state index is 5.90. The first-order valence-electron chi connectivity index (χ1n) is 5.73. The zero-order valence-electron chi connectivity index (χ0n) is 9.61. The van der Waals surface area contributed by atoms with Gasteiger partial charge in [0.1, 0.15) is 0 Å². The smallest absolute Gasteiger partial charge is 0.0784 e. The van der Waals surface area contributed by atoms with Crippen molar-refractivity contribution in [3.8, 4) is 0 Å². The number of hydrogen-bond donors (Lipinski definition) is 1. The number of piperidine rings is 1. The van der Waals surface area contributed by atoms with E-state index in [4.69, 9.17) is 5.73 Å². The van der Waals surface area contributed by atoms with Crippen molar-refractivity contribution in [3.05, 3.63) is 11.9 Å². The maximum Gasteiger partial charge on any atom is 0.0784 e. The molecule has 1 aromatic heterocycles. The molecule has 0 spiro atoms. The molecule has 0 aliphatic carbocycles. The third-order valence-electron chi connectivity index (χ3n) is 3.25. The number of nitrogens with zero attached hydrogens (tertiary/aromatic N) is 3. The second-order valence-electron chi connectivity index (χ2n) is 4.28. The van der Waals surface area contributed by atoms with Crippen molar-refractivity contribution >= 4 is 5.69 Å². The Morgan fingerprint density at radius 1 is 1.47 bits per heavy atom. The summed E-state index contributed by atoms with van der Waals surface area (Å²) in [5.41, 5.74) is 8.53. The fourth-order valence-electron chi connectivity index (χ4n) is 2.27. The van der Waals surface area contributed by atoms with E-state index in [0.717, 1.165) is 32.4 Å². The van der Waals surface area contributed by atoms with Crippen molar-refractivity contribution in [2.24, 2.45) is 12.8 Å². The minimum atomic E-state index is 0.392. The van der Waals surface area contributed by atoms with Crippen LogP contribution in [-0.2, 0) is 13.5 Å². The molecule has 0 atom stereocenters. The van der Waals surface area contributed by atoms with Crippen LogP contribution in [0.4, 0.5) is 5.69 Å². The van der Waals surface area contributed by atoms with Crippen molar-refractivity contribution in [2.45, 2.75) is 32.2 Å². The second-order valence-corrected chi connectivity index (χ2v) is 4.28. The van der Waals surface area contributed by atoms with Gasteiger partial charge in [-0.1, -0.05) is 6.92 Å². The third-order valence-corrected chi connectivity index (χ3v) is 3.25. The average Bonchev–Trinajstić information content (AvgIpc) is 2.61. The monoisotopic (exact) mass is 208 g/mol. The van der Waals surface area contributed by atoms with E-state index in [9.17, 15) is 0 Å². The van der Waals surface area contributed by atoms with Gasteiger partial charge in [0.15, 0.2) is 0 Å². The van der Waals surface area contributed by atoms with Gasteiger partial charge in [0.05, 0.1) is 17.6 Å². The Bertz CT molecular complexity index is 323. The highest BCUT2D eigenvalue weighted by molar-refractivity contribution is 5.50. The van der Waals surface area contributed by atoms with Crippen LogP contribution < -0.4 is 10.6 Å². The second kappa shape index (κ2) is 4.23. The average molecular weight is 208 g/mol. The molecule has 0 saturated carbocycles. The highest BCUT2D eigenvalue weighted by atomic mass is 15.3. The summed E-state index contributed by atoms with van der Waals surface area (Å²) in [7, 11) is 2.01. The lowest BCUT2D eigenvalue weighted by atomic mass is 10.1. The molecule has 84 valence electrons. The van der Waals surface area contributed by atoms with E-state index in [-0.39, 0.29) is 0 Å². The summed E-state index contributed by atoms with van der Waals surface area (Å²) in [5.74, 6) is 0.